The normalized spacial score (nSPS) is 11.8. The molecular formula is C42H26O27. The lowest BCUT2D eigenvalue weighted by Crippen LogP contribution is -1.98. The SMILES string of the molecule is Oc1c(O)c(O)c(-c2c(O)c(-c3c4c(O)c(O)c(O)c(O)c4c(-c4c(O)c(O)c(O)c5oc6c(O)c(O)c(O)c(O)c6c45)c4c(O)c(O)c(O)c(O)c34)c3c(O)c(O)c(O)c(O)c3c2O)c(O)c1O. The molecule has 0 aliphatic rings. The Morgan fingerprint density at radius 1 is 0.130 bits per heavy atom. The van der Waals surface area contributed by atoms with E-state index >= 15 is 0 Å². The minimum absolute atomic E-state index is 1.07. The molecule has 1 heterocycles. The summed E-state index contributed by atoms with van der Waals surface area (Å²) in [7, 11) is 0. The smallest absolute Gasteiger partial charge is 0.208 e. The highest BCUT2D eigenvalue weighted by Crippen LogP contribution is 2.70. The number of fused-ring (bicyclic) bond motifs is 6. The molecule has 8 aromatic carbocycles. The second-order valence-electron chi connectivity index (χ2n) is 15.1. The second kappa shape index (κ2) is 13.4. The summed E-state index contributed by atoms with van der Waals surface area (Å²) in [6.07, 6.45) is 0. The lowest BCUT2D eigenvalue weighted by Gasteiger charge is -2.26. The van der Waals surface area contributed by atoms with Gasteiger partial charge in [0.15, 0.2) is 68.7 Å². The predicted molar refractivity (Wildman–Crippen MR) is 226 cm³/mol. The Labute approximate surface area is 373 Å². The van der Waals surface area contributed by atoms with Crippen molar-refractivity contribution in [3.8, 4) is 183 Å². The number of benzene rings is 8. The summed E-state index contributed by atoms with van der Waals surface area (Å²) < 4.78 is 5.41. The summed E-state index contributed by atoms with van der Waals surface area (Å²) in [5, 5.41) is 280. The Balaban J connectivity index is 1.72. The molecule has 0 bridgehead atoms. The summed E-state index contributed by atoms with van der Waals surface area (Å²) in [4.78, 5) is 0. The van der Waals surface area contributed by atoms with E-state index in [2.05, 4.69) is 0 Å². The van der Waals surface area contributed by atoms with E-state index < -0.39 is 237 Å². The number of hydrogen-bond donors (Lipinski definition) is 26. The van der Waals surface area contributed by atoms with Crippen molar-refractivity contribution in [2.45, 2.75) is 0 Å². The van der Waals surface area contributed by atoms with Crippen LogP contribution in [-0.4, -0.2) is 133 Å². The fraction of sp³-hybridized carbons (Fsp3) is 0. The summed E-state index contributed by atoms with van der Waals surface area (Å²) in [6, 6.07) is 0. The number of hydrogen-bond acceptors (Lipinski definition) is 27. The number of phenolic OH excluding ortho intramolecular Hbond substituents is 26. The zero-order valence-corrected chi connectivity index (χ0v) is 33.0. The average Bonchev–Trinajstić information content (AvgIpc) is 3.72. The van der Waals surface area contributed by atoms with Gasteiger partial charge in [-0.3, -0.25) is 0 Å². The van der Waals surface area contributed by atoms with Crippen molar-refractivity contribution < 1.29 is 137 Å². The van der Waals surface area contributed by atoms with Crippen LogP contribution in [0.3, 0.4) is 0 Å². The van der Waals surface area contributed by atoms with Gasteiger partial charge in [0, 0.05) is 54.6 Å². The maximum Gasteiger partial charge on any atom is 0.208 e. The summed E-state index contributed by atoms with van der Waals surface area (Å²) in [5.41, 5.74) is -11.1. The first-order chi connectivity index (χ1) is 32.2. The van der Waals surface area contributed by atoms with Gasteiger partial charge in [-0.2, -0.15) is 0 Å². The minimum atomic E-state index is -1.87. The van der Waals surface area contributed by atoms with E-state index in [9.17, 15) is 133 Å². The van der Waals surface area contributed by atoms with E-state index in [0.717, 1.165) is 0 Å². The molecule has 0 aliphatic heterocycles. The zero-order chi connectivity index (χ0) is 51.0. The van der Waals surface area contributed by atoms with Crippen molar-refractivity contribution in [1.29, 1.82) is 0 Å². The molecule has 26 N–H and O–H groups in total. The second-order valence-corrected chi connectivity index (χ2v) is 15.1. The Morgan fingerprint density at radius 2 is 0.348 bits per heavy atom. The van der Waals surface area contributed by atoms with E-state index in [0.29, 0.717) is 0 Å². The molecule has 0 aliphatic carbocycles. The van der Waals surface area contributed by atoms with Gasteiger partial charge >= 0.3 is 0 Å². The molecule has 0 spiro atoms. The quantitative estimate of drug-likeness (QED) is 0.0663. The van der Waals surface area contributed by atoms with Gasteiger partial charge in [0.25, 0.3) is 0 Å². The Hall–Kier alpha value is -10.9. The third-order valence-electron chi connectivity index (χ3n) is 11.7. The molecule has 0 saturated carbocycles. The molecule has 356 valence electrons. The molecule has 0 unspecified atom stereocenters. The average molecular weight is 963 g/mol. The van der Waals surface area contributed by atoms with Crippen LogP contribution < -0.4 is 0 Å². The van der Waals surface area contributed by atoms with Crippen molar-refractivity contribution in [1.82, 2.24) is 0 Å². The van der Waals surface area contributed by atoms with Crippen molar-refractivity contribution in [3.05, 3.63) is 0 Å². The third kappa shape index (κ3) is 4.86. The van der Waals surface area contributed by atoms with Gasteiger partial charge in [-0.1, -0.05) is 0 Å². The lowest BCUT2D eigenvalue weighted by molar-refractivity contribution is 0.329. The molecule has 0 saturated heterocycles. The van der Waals surface area contributed by atoms with Crippen LogP contribution in [0, 0.1) is 0 Å². The van der Waals surface area contributed by atoms with Crippen molar-refractivity contribution >= 4 is 54.3 Å². The molecule has 0 amide bonds. The van der Waals surface area contributed by atoms with Gasteiger partial charge in [0.2, 0.25) is 80.5 Å². The molecule has 9 rings (SSSR count). The van der Waals surface area contributed by atoms with E-state index in [1.165, 1.54) is 0 Å². The number of rotatable bonds is 3. The lowest BCUT2D eigenvalue weighted by atomic mass is 9.79. The molecule has 27 nitrogen and oxygen atoms in total. The fourth-order valence-corrected chi connectivity index (χ4v) is 8.55. The summed E-state index contributed by atoms with van der Waals surface area (Å²) in [6.45, 7) is 0. The van der Waals surface area contributed by atoms with Crippen LogP contribution in [0.15, 0.2) is 4.42 Å². The maximum absolute atomic E-state index is 12.4. The number of furan rings is 1. The van der Waals surface area contributed by atoms with Crippen LogP contribution in [0.2, 0.25) is 0 Å². The van der Waals surface area contributed by atoms with E-state index in [1.54, 1.807) is 0 Å². The molecule has 0 fully saturated rings. The van der Waals surface area contributed by atoms with E-state index in [1.807, 2.05) is 0 Å². The molecule has 0 atom stereocenters. The largest absolute Gasteiger partial charge is 0.506 e. The molecule has 9 aromatic rings. The first-order valence-corrected chi connectivity index (χ1v) is 18.5. The first-order valence-electron chi connectivity index (χ1n) is 18.5. The third-order valence-corrected chi connectivity index (χ3v) is 11.7. The van der Waals surface area contributed by atoms with Crippen LogP contribution in [-0.2, 0) is 0 Å². The highest BCUT2D eigenvalue weighted by atomic mass is 16.4. The van der Waals surface area contributed by atoms with Crippen LogP contribution in [0.4, 0.5) is 0 Å². The highest BCUT2D eigenvalue weighted by molar-refractivity contribution is 6.35. The van der Waals surface area contributed by atoms with Crippen LogP contribution >= 0.6 is 0 Å². The van der Waals surface area contributed by atoms with Crippen LogP contribution in [0.5, 0.6) is 149 Å². The van der Waals surface area contributed by atoms with Gasteiger partial charge in [0.05, 0.1) is 21.9 Å². The van der Waals surface area contributed by atoms with Gasteiger partial charge < -0.3 is 137 Å². The summed E-state index contributed by atoms with van der Waals surface area (Å²) >= 11 is 0. The highest BCUT2D eigenvalue weighted by Gasteiger charge is 2.41. The maximum atomic E-state index is 12.4. The topological polar surface area (TPSA) is 539 Å². The number of phenols is 26. The van der Waals surface area contributed by atoms with E-state index in [-0.39, 0.29) is 0 Å². The van der Waals surface area contributed by atoms with Crippen LogP contribution in [0.25, 0.3) is 87.6 Å². The first kappa shape index (κ1) is 43.4. The van der Waals surface area contributed by atoms with Crippen molar-refractivity contribution in [2.75, 3.05) is 0 Å². The van der Waals surface area contributed by atoms with Crippen molar-refractivity contribution in [3.63, 3.8) is 0 Å². The minimum Gasteiger partial charge on any atom is -0.506 e. The van der Waals surface area contributed by atoms with E-state index in [4.69, 9.17) is 4.42 Å². The fourth-order valence-electron chi connectivity index (χ4n) is 8.55. The standard InChI is InChI=1S/C42H26O27/c43-15-3(9-11(23(51)32(60)31(59)22(9)50)16(44)12(15)13-24(52)33(61)37(65)34(62)25(13)53)1-4-6(19(47)29(57)27(55)17(4)45)2(7-5(1)18(46)28(56)30(58)20(7)48)8-10-14-26(54)35(63)38(66)40(68)42(14)69-41(10)39(67)36(64)21(8)49/h43-68H. The van der Waals surface area contributed by atoms with Crippen LogP contribution in [0.1, 0.15) is 0 Å². The van der Waals surface area contributed by atoms with Gasteiger partial charge in [-0.25, -0.2) is 0 Å². The number of aromatic hydroxyl groups is 26. The molecule has 0 radical (unpaired) electrons. The summed E-state index contributed by atoms with van der Waals surface area (Å²) in [5.74, 6) is -44.3. The Morgan fingerprint density at radius 3 is 0.725 bits per heavy atom. The monoisotopic (exact) mass is 962 g/mol. The van der Waals surface area contributed by atoms with Gasteiger partial charge in [-0.15, -0.1) is 0 Å². The Bertz CT molecular complexity index is 3850. The predicted octanol–water partition coefficient (Wildman–Crippen LogP) is 4.39. The molecule has 1 aromatic heterocycles. The molecule has 69 heavy (non-hydrogen) atoms. The van der Waals surface area contributed by atoms with Crippen molar-refractivity contribution in [2.24, 2.45) is 0 Å². The van der Waals surface area contributed by atoms with Gasteiger partial charge in [0.1, 0.15) is 11.5 Å². The Kier molecular flexibility index (Phi) is 8.40. The molecular weight excluding hydrogens is 936 g/mol. The zero-order valence-electron chi connectivity index (χ0n) is 33.0. The van der Waals surface area contributed by atoms with Gasteiger partial charge in [-0.05, 0) is 0 Å². The molecule has 27 heteroatoms.